The van der Waals surface area contributed by atoms with E-state index in [0.717, 1.165) is 17.5 Å². The number of hydrogen-bond acceptors (Lipinski definition) is 4. The fourth-order valence-corrected chi connectivity index (χ4v) is 4.33. The van der Waals surface area contributed by atoms with Gasteiger partial charge in [-0.1, -0.05) is 74.8 Å². The summed E-state index contributed by atoms with van der Waals surface area (Å²) in [5.41, 5.74) is 2.58. The van der Waals surface area contributed by atoms with Crippen LogP contribution >= 0.6 is 11.6 Å². The van der Waals surface area contributed by atoms with Crippen LogP contribution in [0.1, 0.15) is 71.9 Å². The highest BCUT2D eigenvalue weighted by atomic mass is 35.5. The standard InChI is InChI=1S/C26H26ClNO4/c1-5-14(3)17-13-9-10-16(6-2)23(17)28-26(32)20(15(4)29)21-22(27)25(31)19-12-8-7-11-18(19)24(21)30/h7-14,20H,5-6H2,1-4H3,(H,28,32)/t14-,20+/m1/s1. The van der Waals surface area contributed by atoms with Gasteiger partial charge < -0.3 is 5.32 Å². The molecule has 2 aromatic carbocycles. The number of aryl methyl sites for hydroxylation is 1. The number of nitrogens with one attached hydrogen (secondary N) is 1. The number of fused-ring (bicyclic) bond motifs is 1. The van der Waals surface area contributed by atoms with E-state index in [-0.39, 0.29) is 27.7 Å². The SMILES string of the molecule is CCc1cccc([C@H](C)CC)c1NC(=O)[C@@H](C(C)=O)C1=C(Cl)C(=O)c2ccccc2C1=O. The Morgan fingerprint density at radius 2 is 1.59 bits per heavy atom. The summed E-state index contributed by atoms with van der Waals surface area (Å²) in [5.74, 6) is -3.68. The van der Waals surface area contributed by atoms with Crippen LogP contribution in [0.5, 0.6) is 0 Å². The van der Waals surface area contributed by atoms with E-state index in [1.54, 1.807) is 12.1 Å². The zero-order chi connectivity index (χ0) is 23.6. The van der Waals surface area contributed by atoms with Gasteiger partial charge in [-0.3, -0.25) is 19.2 Å². The molecule has 2 aromatic rings. The molecule has 2 atom stereocenters. The molecule has 1 aliphatic carbocycles. The highest BCUT2D eigenvalue weighted by Crippen LogP contribution is 2.35. The Labute approximate surface area is 192 Å². The molecule has 0 bridgehead atoms. The lowest BCUT2D eigenvalue weighted by atomic mass is 9.81. The minimum atomic E-state index is -1.48. The normalized spacial score (nSPS) is 15.3. The van der Waals surface area contributed by atoms with Gasteiger partial charge in [0.2, 0.25) is 11.7 Å². The number of carbonyl (C=O) groups excluding carboxylic acids is 4. The van der Waals surface area contributed by atoms with Crippen molar-refractivity contribution >= 4 is 40.5 Å². The number of halogens is 1. The van der Waals surface area contributed by atoms with Gasteiger partial charge in [-0.05, 0) is 36.8 Å². The first kappa shape index (κ1) is 23.6. The number of allylic oxidation sites excluding steroid dienone is 1. The number of hydrogen-bond donors (Lipinski definition) is 1. The zero-order valence-electron chi connectivity index (χ0n) is 18.6. The van der Waals surface area contributed by atoms with E-state index in [1.165, 1.54) is 19.1 Å². The summed E-state index contributed by atoms with van der Waals surface area (Å²) in [7, 11) is 0. The van der Waals surface area contributed by atoms with Crippen LogP contribution < -0.4 is 5.32 Å². The topological polar surface area (TPSA) is 80.3 Å². The number of ketones is 3. The fourth-order valence-electron chi connectivity index (χ4n) is 4.03. The Bertz CT molecular complexity index is 1150. The predicted octanol–water partition coefficient (Wildman–Crippen LogP) is 5.48. The molecule has 0 fully saturated rings. The molecule has 0 saturated carbocycles. The molecule has 6 heteroatoms. The van der Waals surface area contributed by atoms with Gasteiger partial charge in [-0.15, -0.1) is 0 Å². The molecular formula is C26H26ClNO4. The van der Waals surface area contributed by atoms with Crippen molar-refractivity contribution in [1.82, 2.24) is 0 Å². The molecule has 1 amide bonds. The smallest absolute Gasteiger partial charge is 0.239 e. The number of para-hydroxylation sites is 1. The lowest BCUT2D eigenvalue weighted by Gasteiger charge is -2.24. The van der Waals surface area contributed by atoms with Crippen molar-refractivity contribution in [3.8, 4) is 0 Å². The monoisotopic (exact) mass is 451 g/mol. The largest absolute Gasteiger partial charge is 0.325 e. The Morgan fingerprint density at radius 1 is 0.969 bits per heavy atom. The molecule has 32 heavy (non-hydrogen) atoms. The molecule has 0 unspecified atom stereocenters. The molecule has 166 valence electrons. The third-order valence-corrected chi connectivity index (χ3v) is 6.38. The number of benzene rings is 2. The van der Waals surface area contributed by atoms with Crippen molar-refractivity contribution in [3.05, 3.63) is 75.3 Å². The van der Waals surface area contributed by atoms with Crippen LogP contribution in [0, 0.1) is 5.92 Å². The van der Waals surface area contributed by atoms with Crippen molar-refractivity contribution in [2.24, 2.45) is 5.92 Å². The van der Waals surface area contributed by atoms with Crippen LogP contribution in [0.2, 0.25) is 0 Å². The van der Waals surface area contributed by atoms with Crippen LogP contribution in [0.25, 0.3) is 0 Å². The van der Waals surface area contributed by atoms with E-state index in [9.17, 15) is 19.2 Å². The van der Waals surface area contributed by atoms with Gasteiger partial charge in [0, 0.05) is 22.4 Å². The number of carbonyl (C=O) groups is 4. The van der Waals surface area contributed by atoms with E-state index >= 15 is 0 Å². The lowest BCUT2D eigenvalue weighted by molar-refractivity contribution is -0.128. The molecular weight excluding hydrogens is 426 g/mol. The highest BCUT2D eigenvalue weighted by Gasteiger charge is 2.40. The van der Waals surface area contributed by atoms with Crippen molar-refractivity contribution in [2.45, 2.75) is 46.5 Å². The molecule has 0 heterocycles. The van der Waals surface area contributed by atoms with Crippen molar-refractivity contribution in [3.63, 3.8) is 0 Å². The molecule has 0 aliphatic heterocycles. The van der Waals surface area contributed by atoms with E-state index in [2.05, 4.69) is 19.2 Å². The van der Waals surface area contributed by atoms with E-state index < -0.39 is 29.2 Å². The second-order valence-electron chi connectivity index (χ2n) is 8.01. The molecule has 3 rings (SSSR count). The molecule has 1 aliphatic rings. The Kier molecular flexibility index (Phi) is 7.09. The number of rotatable bonds is 7. The van der Waals surface area contributed by atoms with Gasteiger partial charge in [-0.2, -0.15) is 0 Å². The van der Waals surface area contributed by atoms with Crippen LogP contribution in [0.4, 0.5) is 5.69 Å². The minimum Gasteiger partial charge on any atom is -0.325 e. The van der Waals surface area contributed by atoms with Gasteiger partial charge >= 0.3 is 0 Å². The van der Waals surface area contributed by atoms with Crippen LogP contribution in [0.3, 0.4) is 0 Å². The Morgan fingerprint density at radius 3 is 2.16 bits per heavy atom. The van der Waals surface area contributed by atoms with Gasteiger partial charge in [0.25, 0.3) is 0 Å². The fraction of sp³-hybridized carbons (Fsp3) is 0.308. The molecule has 1 N–H and O–H groups in total. The second-order valence-corrected chi connectivity index (χ2v) is 8.39. The van der Waals surface area contributed by atoms with E-state index in [0.29, 0.717) is 12.1 Å². The maximum Gasteiger partial charge on any atom is 0.239 e. The summed E-state index contributed by atoms with van der Waals surface area (Å²) in [4.78, 5) is 52.0. The summed E-state index contributed by atoms with van der Waals surface area (Å²) in [5, 5.41) is 2.51. The Hall–Kier alpha value is -3.05. The maximum atomic E-state index is 13.4. The minimum absolute atomic E-state index is 0.144. The molecule has 0 aromatic heterocycles. The summed E-state index contributed by atoms with van der Waals surface area (Å²) < 4.78 is 0. The zero-order valence-corrected chi connectivity index (χ0v) is 19.4. The van der Waals surface area contributed by atoms with Gasteiger partial charge in [0.1, 0.15) is 11.7 Å². The maximum absolute atomic E-state index is 13.4. The quantitative estimate of drug-likeness (QED) is 0.565. The average molecular weight is 452 g/mol. The van der Waals surface area contributed by atoms with Crippen LogP contribution in [0.15, 0.2) is 53.1 Å². The first-order valence-electron chi connectivity index (χ1n) is 10.7. The first-order chi connectivity index (χ1) is 15.2. The van der Waals surface area contributed by atoms with Gasteiger partial charge in [0.15, 0.2) is 5.78 Å². The lowest BCUT2D eigenvalue weighted by Crippen LogP contribution is -2.36. The number of amides is 1. The van der Waals surface area contributed by atoms with Crippen molar-refractivity contribution in [1.29, 1.82) is 0 Å². The van der Waals surface area contributed by atoms with Gasteiger partial charge in [-0.25, -0.2) is 0 Å². The summed E-state index contributed by atoms with van der Waals surface area (Å²) in [6, 6.07) is 12.1. The van der Waals surface area contributed by atoms with Crippen LogP contribution in [-0.2, 0) is 16.0 Å². The van der Waals surface area contributed by atoms with Gasteiger partial charge in [0.05, 0.1) is 5.03 Å². The van der Waals surface area contributed by atoms with E-state index in [4.69, 9.17) is 11.6 Å². The third kappa shape index (κ3) is 4.17. The average Bonchev–Trinajstić information content (AvgIpc) is 2.79. The molecule has 0 radical (unpaired) electrons. The second kappa shape index (κ2) is 9.61. The molecule has 0 saturated heterocycles. The summed E-state index contributed by atoms with van der Waals surface area (Å²) in [6.45, 7) is 7.32. The highest BCUT2D eigenvalue weighted by molar-refractivity contribution is 6.50. The summed E-state index contributed by atoms with van der Waals surface area (Å²) in [6.07, 6.45) is 1.55. The first-order valence-corrected chi connectivity index (χ1v) is 11.1. The van der Waals surface area contributed by atoms with Crippen LogP contribution in [-0.4, -0.2) is 23.3 Å². The summed E-state index contributed by atoms with van der Waals surface area (Å²) >= 11 is 6.28. The number of Topliss-reactive ketones (excluding diaryl/α,β-unsaturated/α-hetero) is 3. The molecule has 5 nitrogen and oxygen atoms in total. The van der Waals surface area contributed by atoms with Crippen molar-refractivity contribution < 1.29 is 19.2 Å². The Balaban J connectivity index is 2.08. The van der Waals surface area contributed by atoms with E-state index in [1.807, 2.05) is 25.1 Å². The third-order valence-electron chi connectivity index (χ3n) is 6.01. The van der Waals surface area contributed by atoms with Crippen molar-refractivity contribution in [2.75, 3.05) is 5.32 Å². The predicted molar refractivity (Wildman–Crippen MR) is 125 cm³/mol. The number of anilines is 1. The molecule has 0 spiro atoms.